The monoisotopic (exact) mass is 545 g/mol. The van der Waals surface area contributed by atoms with Gasteiger partial charge in [0.15, 0.2) is 0 Å². The number of carbonyl (C=O) groups is 1. The lowest BCUT2D eigenvalue weighted by molar-refractivity contribution is -0.116. The highest BCUT2D eigenvalue weighted by Crippen LogP contribution is 2.26. The molecular formula is C26H31N3O6S2. The minimum atomic E-state index is -4.07. The van der Waals surface area contributed by atoms with Crippen LogP contribution in [0.3, 0.4) is 0 Å². The summed E-state index contributed by atoms with van der Waals surface area (Å²) in [7, 11) is -3.45. The van der Waals surface area contributed by atoms with Crippen LogP contribution in [0.4, 0.5) is 5.69 Å². The molecule has 11 heteroatoms. The van der Waals surface area contributed by atoms with Crippen LogP contribution in [0.25, 0.3) is 0 Å². The number of nitrogens with one attached hydrogen (secondary N) is 1. The number of benzene rings is 3. The molecule has 9 nitrogen and oxygen atoms in total. The number of ether oxygens (including phenoxy) is 1. The molecule has 0 radical (unpaired) electrons. The molecule has 0 saturated heterocycles. The Morgan fingerprint density at radius 1 is 0.838 bits per heavy atom. The van der Waals surface area contributed by atoms with E-state index in [4.69, 9.17) is 4.74 Å². The third kappa shape index (κ3) is 6.55. The van der Waals surface area contributed by atoms with Crippen molar-refractivity contribution in [1.82, 2.24) is 8.61 Å². The molecular weight excluding hydrogens is 514 g/mol. The van der Waals surface area contributed by atoms with Gasteiger partial charge in [-0.05, 0) is 60.9 Å². The van der Waals surface area contributed by atoms with Gasteiger partial charge >= 0.3 is 0 Å². The van der Waals surface area contributed by atoms with E-state index in [1.54, 1.807) is 50.2 Å². The summed E-state index contributed by atoms with van der Waals surface area (Å²) >= 11 is 0. The van der Waals surface area contributed by atoms with E-state index >= 15 is 0 Å². The third-order valence-corrected chi connectivity index (χ3v) is 9.39. The van der Waals surface area contributed by atoms with E-state index in [2.05, 4.69) is 5.32 Å². The van der Waals surface area contributed by atoms with Crippen LogP contribution in [0.15, 0.2) is 76.5 Å². The fourth-order valence-corrected chi connectivity index (χ4v) is 6.03. The molecule has 198 valence electrons. The van der Waals surface area contributed by atoms with Crippen molar-refractivity contribution in [1.29, 1.82) is 0 Å². The number of nitrogens with zero attached hydrogens (tertiary/aromatic N) is 2. The van der Waals surface area contributed by atoms with Crippen molar-refractivity contribution >= 4 is 31.6 Å². The molecule has 3 aromatic rings. The van der Waals surface area contributed by atoms with Crippen LogP contribution in [-0.4, -0.2) is 59.1 Å². The van der Waals surface area contributed by atoms with Crippen LogP contribution >= 0.6 is 0 Å². The summed E-state index contributed by atoms with van der Waals surface area (Å²) in [6.45, 7) is 2.95. The molecule has 0 atom stereocenters. The average Bonchev–Trinajstić information content (AvgIpc) is 2.85. The molecule has 0 unspecified atom stereocenters. The highest BCUT2D eigenvalue weighted by atomic mass is 32.2. The Kier molecular flexibility index (Phi) is 8.75. The van der Waals surface area contributed by atoms with Gasteiger partial charge in [0.2, 0.25) is 26.0 Å². The summed E-state index contributed by atoms with van der Waals surface area (Å²) in [6.07, 6.45) is 0. The highest BCUT2D eigenvalue weighted by molar-refractivity contribution is 7.89. The molecule has 0 aliphatic heterocycles. The molecule has 0 fully saturated rings. The Morgan fingerprint density at radius 3 is 2.05 bits per heavy atom. The molecule has 0 saturated carbocycles. The van der Waals surface area contributed by atoms with Crippen molar-refractivity contribution in [3.63, 3.8) is 0 Å². The predicted molar refractivity (Wildman–Crippen MR) is 142 cm³/mol. The first-order chi connectivity index (χ1) is 17.4. The van der Waals surface area contributed by atoms with Crippen molar-refractivity contribution in [3.05, 3.63) is 83.4 Å². The van der Waals surface area contributed by atoms with E-state index in [-0.39, 0.29) is 22.0 Å². The Hall–Kier alpha value is -3.25. The molecule has 0 heterocycles. The second kappa shape index (κ2) is 11.4. The number of methoxy groups -OCH3 is 1. The molecule has 0 aromatic heterocycles. The van der Waals surface area contributed by atoms with Crippen LogP contribution in [0.1, 0.15) is 16.7 Å². The first kappa shape index (κ1) is 28.3. The van der Waals surface area contributed by atoms with E-state index in [0.717, 1.165) is 8.61 Å². The average molecular weight is 546 g/mol. The topological polar surface area (TPSA) is 113 Å². The number of hydrogen-bond donors (Lipinski definition) is 1. The molecule has 3 rings (SSSR count). The van der Waals surface area contributed by atoms with Crippen LogP contribution < -0.4 is 10.1 Å². The van der Waals surface area contributed by atoms with Gasteiger partial charge in [-0.1, -0.05) is 36.4 Å². The van der Waals surface area contributed by atoms with Crippen molar-refractivity contribution in [2.45, 2.75) is 30.2 Å². The quantitative estimate of drug-likeness (QED) is 0.418. The first-order valence-corrected chi connectivity index (χ1v) is 14.3. The van der Waals surface area contributed by atoms with Gasteiger partial charge in [0.25, 0.3) is 0 Å². The number of aryl methyl sites for hydroxylation is 2. The summed E-state index contributed by atoms with van der Waals surface area (Å²) < 4.78 is 59.7. The maximum Gasteiger partial charge on any atom is 0.243 e. The lowest BCUT2D eigenvalue weighted by Crippen LogP contribution is -2.37. The number of sulfonamides is 2. The zero-order valence-electron chi connectivity index (χ0n) is 21.4. The van der Waals surface area contributed by atoms with E-state index in [9.17, 15) is 21.6 Å². The molecule has 0 aliphatic carbocycles. The zero-order chi connectivity index (χ0) is 27.4. The van der Waals surface area contributed by atoms with E-state index in [1.807, 2.05) is 6.07 Å². The van der Waals surface area contributed by atoms with E-state index in [1.165, 1.54) is 45.5 Å². The normalized spacial score (nSPS) is 12.1. The van der Waals surface area contributed by atoms with Gasteiger partial charge < -0.3 is 10.1 Å². The van der Waals surface area contributed by atoms with E-state index < -0.39 is 32.5 Å². The molecule has 0 bridgehead atoms. The number of anilines is 1. The second-order valence-corrected chi connectivity index (χ2v) is 12.8. The summed E-state index contributed by atoms with van der Waals surface area (Å²) in [5.74, 6) is -0.0541. The Balaban J connectivity index is 1.94. The van der Waals surface area contributed by atoms with Crippen molar-refractivity contribution < 1.29 is 26.4 Å². The molecule has 3 aromatic carbocycles. The van der Waals surface area contributed by atoms with Gasteiger partial charge in [-0.25, -0.2) is 21.1 Å². The van der Waals surface area contributed by atoms with Gasteiger partial charge in [0, 0.05) is 26.3 Å². The smallest absolute Gasteiger partial charge is 0.243 e. The summed E-state index contributed by atoms with van der Waals surface area (Å²) in [5, 5.41) is 2.68. The number of amides is 1. The largest absolute Gasteiger partial charge is 0.496 e. The van der Waals surface area contributed by atoms with Crippen molar-refractivity contribution in [3.8, 4) is 5.75 Å². The highest BCUT2D eigenvalue weighted by Gasteiger charge is 2.28. The van der Waals surface area contributed by atoms with Gasteiger partial charge in [0.05, 0.1) is 23.4 Å². The summed E-state index contributed by atoms with van der Waals surface area (Å²) in [6, 6.07) is 17.9. The first-order valence-electron chi connectivity index (χ1n) is 11.4. The molecule has 0 aliphatic rings. The van der Waals surface area contributed by atoms with E-state index in [0.29, 0.717) is 22.4 Å². The molecule has 1 N–H and O–H groups in total. The van der Waals surface area contributed by atoms with Crippen LogP contribution in [0, 0.1) is 13.8 Å². The Morgan fingerprint density at radius 2 is 1.46 bits per heavy atom. The van der Waals surface area contributed by atoms with Gasteiger partial charge in [-0.2, -0.15) is 4.31 Å². The molecule has 0 spiro atoms. The van der Waals surface area contributed by atoms with Crippen LogP contribution in [-0.2, 0) is 31.4 Å². The van der Waals surface area contributed by atoms with Crippen molar-refractivity contribution in [2.75, 3.05) is 33.1 Å². The standard InChI is InChI=1S/C26H31N3O6S2/c1-19-11-12-23(36(31,32)28(3)4)16-24(19)27-26(30)18-29(17-21-9-7-6-8-10-21)37(33,34)22-13-14-25(35-5)20(2)15-22/h6-16H,17-18H2,1-5H3,(H,27,30). The lowest BCUT2D eigenvalue weighted by Gasteiger charge is -2.23. The maximum atomic E-state index is 13.6. The number of rotatable bonds is 10. The fourth-order valence-electron chi connectivity index (χ4n) is 3.63. The summed E-state index contributed by atoms with van der Waals surface area (Å²) in [5.41, 5.74) is 2.26. The fraction of sp³-hybridized carbons (Fsp3) is 0.269. The van der Waals surface area contributed by atoms with Gasteiger partial charge in [-0.3, -0.25) is 4.79 Å². The summed E-state index contributed by atoms with van der Waals surface area (Å²) in [4.78, 5) is 13.2. The Labute approximate surface area is 218 Å². The minimum Gasteiger partial charge on any atom is -0.496 e. The van der Waals surface area contributed by atoms with Crippen molar-refractivity contribution in [2.24, 2.45) is 0 Å². The molecule has 37 heavy (non-hydrogen) atoms. The number of hydrogen-bond acceptors (Lipinski definition) is 6. The Bertz CT molecular complexity index is 1490. The van der Waals surface area contributed by atoms with Crippen LogP contribution in [0.2, 0.25) is 0 Å². The molecule has 1 amide bonds. The predicted octanol–water partition coefficient (Wildman–Crippen LogP) is 3.39. The second-order valence-electron chi connectivity index (χ2n) is 8.70. The maximum absolute atomic E-state index is 13.6. The zero-order valence-corrected chi connectivity index (χ0v) is 23.1. The van der Waals surface area contributed by atoms with Gasteiger partial charge in [-0.15, -0.1) is 0 Å². The number of carbonyl (C=O) groups excluding carboxylic acids is 1. The SMILES string of the molecule is COc1ccc(S(=O)(=O)N(CC(=O)Nc2cc(S(=O)(=O)N(C)C)ccc2C)Cc2ccccc2)cc1C. The van der Waals surface area contributed by atoms with Crippen LogP contribution in [0.5, 0.6) is 5.75 Å². The third-order valence-electron chi connectivity index (χ3n) is 5.79. The minimum absolute atomic E-state index is 0.0147. The van der Waals surface area contributed by atoms with Gasteiger partial charge in [0.1, 0.15) is 5.75 Å². The lowest BCUT2D eigenvalue weighted by atomic mass is 10.2.